The molecule has 0 aliphatic carbocycles. The highest BCUT2D eigenvalue weighted by Crippen LogP contribution is 1.96. The third-order valence-electron chi connectivity index (χ3n) is 6.24. The van der Waals surface area contributed by atoms with Crippen molar-refractivity contribution in [3.8, 4) is 0 Å². The van der Waals surface area contributed by atoms with Crippen LogP contribution >= 0.6 is 0 Å². The Kier molecular flexibility index (Phi) is 27.2. The van der Waals surface area contributed by atoms with Gasteiger partial charge in [0.25, 0.3) is 0 Å². The van der Waals surface area contributed by atoms with Crippen LogP contribution < -0.4 is 44.6 Å². The van der Waals surface area contributed by atoms with Gasteiger partial charge in [-0.2, -0.15) is 0 Å². The van der Waals surface area contributed by atoms with E-state index in [1.807, 2.05) is 0 Å². The Bertz CT molecular complexity index is 420. The van der Waals surface area contributed by atoms with Gasteiger partial charge in [0.15, 0.2) is 0 Å². The second kappa shape index (κ2) is 27.6. The van der Waals surface area contributed by atoms with Gasteiger partial charge in [0.2, 0.25) is 0 Å². The second-order valence-electron chi connectivity index (χ2n) is 9.16. The smallest absolute Gasteiger partial charge is 0.0110 e. The van der Waals surface area contributed by atoms with E-state index >= 15 is 0 Å². The largest absolute Gasteiger partial charge is 0.329 e. The van der Waals surface area contributed by atoms with Crippen LogP contribution in [0.2, 0.25) is 0 Å². The summed E-state index contributed by atoms with van der Waals surface area (Å²) < 4.78 is 0. The summed E-state index contributed by atoms with van der Waals surface area (Å²) in [5.74, 6) is 0. The van der Waals surface area contributed by atoms with E-state index in [2.05, 4.69) is 42.5 Å². The molecule has 0 rings (SSSR count). The predicted molar refractivity (Wildman–Crippen MR) is 155 cm³/mol. The molecule has 0 unspecified atom stereocenters. The van der Waals surface area contributed by atoms with Crippen LogP contribution in [0.3, 0.4) is 0 Å². The van der Waals surface area contributed by atoms with E-state index in [1.165, 1.54) is 0 Å². The molecule has 0 atom stereocenters. The molecule has 0 aliphatic heterocycles. The fourth-order valence-corrected chi connectivity index (χ4v) is 4.12. The summed E-state index contributed by atoms with van der Waals surface area (Å²) in [5, 5.41) is 10.5. The lowest BCUT2D eigenvalue weighted by molar-refractivity contribution is 0.178. The van der Waals surface area contributed by atoms with Crippen LogP contribution in [-0.4, -0.2) is 170 Å². The molecular formula is C24H62N12. The highest BCUT2D eigenvalue weighted by molar-refractivity contribution is 4.70. The SMILES string of the molecule is CCNCCN(CCNCCN(CCN)CCN)CCN(CCNCCN)CCN(CCN)CCN. The first-order valence-corrected chi connectivity index (χ1v) is 14.2. The Morgan fingerprint density at radius 1 is 0.361 bits per heavy atom. The molecule has 13 N–H and O–H groups in total. The highest BCUT2D eigenvalue weighted by Gasteiger charge is 2.12. The van der Waals surface area contributed by atoms with Crippen molar-refractivity contribution in [2.24, 2.45) is 28.7 Å². The van der Waals surface area contributed by atoms with E-state index < -0.39 is 0 Å². The Morgan fingerprint density at radius 3 is 1.03 bits per heavy atom. The van der Waals surface area contributed by atoms with E-state index in [0.717, 1.165) is 118 Å². The van der Waals surface area contributed by atoms with Gasteiger partial charge in [-0.15, -0.1) is 0 Å². The molecular weight excluding hydrogens is 456 g/mol. The number of nitrogens with two attached hydrogens (primary N) is 5. The van der Waals surface area contributed by atoms with Gasteiger partial charge in [0.1, 0.15) is 0 Å². The monoisotopic (exact) mass is 519 g/mol. The Hall–Kier alpha value is -0.480. The van der Waals surface area contributed by atoms with Gasteiger partial charge in [-0.3, -0.25) is 19.6 Å². The number of hydrogen-bond acceptors (Lipinski definition) is 12. The fraction of sp³-hybridized carbons (Fsp3) is 1.00. The molecule has 0 aromatic carbocycles. The minimum Gasteiger partial charge on any atom is -0.329 e. The molecule has 0 saturated carbocycles. The average Bonchev–Trinajstić information content (AvgIpc) is 2.87. The lowest BCUT2D eigenvalue weighted by Gasteiger charge is -2.30. The lowest BCUT2D eigenvalue weighted by atomic mass is 10.3. The molecule has 0 amide bonds. The van der Waals surface area contributed by atoms with Crippen LogP contribution in [-0.2, 0) is 0 Å². The van der Waals surface area contributed by atoms with Crippen molar-refractivity contribution in [1.82, 2.24) is 35.6 Å². The van der Waals surface area contributed by atoms with Crippen molar-refractivity contribution in [3.63, 3.8) is 0 Å². The average molecular weight is 519 g/mol. The molecule has 0 radical (unpaired) electrons. The number of rotatable bonds is 29. The lowest BCUT2D eigenvalue weighted by Crippen LogP contribution is -2.46. The van der Waals surface area contributed by atoms with Gasteiger partial charge < -0.3 is 44.6 Å². The maximum atomic E-state index is 5.80. The fourth-order valence-electron chi connectivity index (χ4n) is 4.12. The number of hydrogen-bond donors (Lipinski definition) is 8. The van der Waals surface area contributed by atoms with Gasteiger partial charge >= 0.3 is 0 Å². The predicted octanol–water partition coefficient (Wildman–Crippen LogP) is -4.22. The van der Waals surface area contributed by atoms with Crippen LogP contribution in [0.25, 0.3) is 0 Å². The Morgan fingerprint density at radius 2 is 0.667 bits per heavy atom. The molecule has 36 heavy (non-hydrogen) atoms. The molecule has 0 saturated heterocycles. The number of nitrogens with one attached hydrogen (secondary N) is 3. The summed E-state index contributed by atoms with van der Waals surface area (Å²) in [6.45, 7) is 23.0. The molecule has 0 spiro atoms. The summed E-state index contributed by atoms with van der Waals surface area (Å²) in [6.07, 6.45) is 0. The third kappa shape index (κ3) is 21.6. The molecule has 0 heterocycles. The first kappa shape index (κ1) is 35.5. The standard InChI is InChI=1S/C24H62N12/c1-2-30-9-17-35(19-12-32-11-18-33(13-4-26)14-5-27)22-24-36(20-10-31-8-3-25)23-21-34(15-6-28)16-7-29/h30-32H,2-29H2,1H3. The molecule has 12 heteroatoms. The van der Waals surface area contributed by atoms with Gasteiger partial charge in [-0.05, 0) is 6.54 Å². The van der Waals surface area contributed by atoms with Crippen molar-refractivity contribution in [2.75, 3.05) is 151 Å². The molecule has 12 nitrogen and oxygen atoms in total. The quantitative estimate of drug-likeness (QED) is 0.0448. The summed E-state index contributed by atoms with van der Waals surface area (Å²) >= 11 is 0. The van der Waals surface area contributed by atoms with E-state index in [-0.39, 0.29) is 0 Å². The van der Waals surface area contributed by atoms with Crippen molar-refractivity contribution in [1.29, 1.82) is 0 Å². The summed E-state index contributed by atoms with van der Waals surface area (Å²) in [6, 6.07) is 0. The van der Waals surface area contributed by atoms with Gasteiger partial charge in [-0.25, -0.2) is 0 Å². The van der Waals surface area contributed by atoms with Gasteiger partial charge in [0, 0.05) is 144 Å². The summed E-state index contributed by atoms with van der Waals surface area (Å²) in [7, 11) is 0. The van der Waals surface area contributed by atoms with Crippen molar-refractivity contribution in [2.45, 2.75) is 6.92 Å². The molecule has 0 aromatic heterocycles. The molecule has 0 aliphatic rings. The molecule has 0 aromatic rings. The first-order chi connectivity index (χ1) is 17.6. The normalized spacial score (nSPS) is 12.2. The van der Waals surface area contributed by atoms with Crippen LogP contribution in [0.1, 0.15) is 6.92 Å². The Labute approximate surface area is 222 Å². The Balaban J connectivity index is 4.69. The van der Waals surface area contributed by atoms with E-state index in [1.54, 1.807) is 0 Å². The van der Waals surface area contributed by atoms with Crippen molar-refractivity contribution in [3.05, 3.63) is 0 Å². The maximum Gasteiger partial charge on any atom is 0.0110 e. The van der Waals surface area contributed by atoms with Crippen LogP contribution in [0.15, 0.2) is 0 Å². The molecule has 0 bridgehead atoms. The van der Waals surface area contributed by atoms with Crippen LogP contribution in [0, 0.1) is 0 Å². The highest BCUT2D eigenvalue weighted by atomic mass is 15.2. The zero-order chi connectivity index (χ0) is 26.7. The van der Waals surface area contributed by atoms with Gasteiger partial charge in [-0.1, -0.05) is 6.92 Å². The van der Waals surface area contributed by atoms with Crippen LogP contribution in [0.5, 0.6) is 0 Å². The van der Waals surface area contributed by atoms with Crippen LogP contribution in [0.4, 0.5) is 0 Å². The number of nitrogens with zero attached hydrogens (tertiary/aromatic N) is 4. The first-order valence-electron chi connectivity index (χ1n) is 14.2. The van der Waals surface area contributed by atoms with Gasteiger partial charge in [0.05, 0.1) is 0 Å². The van der Waals surface area contributed by atoms with Crippen molar-refractivity contribution < 1.29 is 0 Å². The topological polar surface area (TPSA) is 179 Å². The second-order valence-corrected chi connectivity index (χ2v) is 9.16. The summed E-state index contributed by atoms with van der Waals surface area (Å²) in [5.41, 5.74) is 28.7. The van der Waals surface area contributed by atoms with E-state index in [0.29, 0.717) is 32.7 Å². The number of likely N-dealkylation sites (N-methyl/N-ethyl adjacent to an activating group) is 1. The maximum absolute atomic E-state index is 5.80. The zero-order valence-corrected chi connectivity index (χ0v) is 23.4. The minimum atomic E-state index is 0.666. The molecule has 218 valence electrons. The minimum absolute atomic E-state index is 0.666. The van der Waals surface area contributed by atoms with Crippen molar-refractivity contribution >= 4 is 0 Å². The van der Waals surface area contributed by atoms with E-state index in [9.17, 15) is 0 Å². The summed E-state index contributed by atoms with van der Waals surface area (Å²) in [4.78, 5) is 9.80. The molecule has 0 fully saturated rings. The van der Waals surface area contributed by atoms with E-state index in [4.69, 9.17) is 28.7 Å². The third-order valence-corrected chi connectivity index (χ3v) is 6.24. The zero-order valence-electron chi connectivity index (χ0n) is 23.4.